The fraction of sp³-hybridized carbons (Fsp3) is 0.500. The van der Waals surface area contributed by atoms with Crippen LogP contribution in [0.15, 0.2) is 18.2 Å². The third kappa shape index (κ3) is 4.02. The molecule has 0 radical (unpaired) electrons. The van der Waals surface area contributed by atoms with E-state index in [4.69, 9.17) is 9.84 Å². The number of carbonyl (C=O) groups is 1. The molecule has 0 aliphatic carbocycles. The predicted octanol–water partition coefficient (Wildman–Crippen LogP) is 3.40. The Morgan fingerprint density at radius 3 is 2.72 bits per heavy atom. The molecule has 0 amide bonds. The van der Waals surface area contributed by atoms with Crippen LogP contribution in [0.3, 0.4) is 0 Å². The summed E-state index contributed by atoms with van der Waals surface area (Å²) >= 11 is 0. The van der Waals surface area contributed by atoms with Crippen LogP contribution >= 0.6 is 0 Å². The first kappa shape index (κ1) is 14.5. The Kier molecular flexibility index (Phi) is 4.70. The van der Waals surface area contributed by atoms with E-state index in [9.17, 15) is 9.18 Å². The number of aryl methyl sites for hydroxylation is 1. The molecule has 0 atom stereocenters. The Morgan fingerprint density at radius 2 is 2.11 bits per heavy atom. The highest BCUT2D eigenvalue weighted by molar-refractivity contribution is 5.73. The highest BCUT2D eigenvalue weighted by Crippen LogP contribution is 2.23. The van der Waals surface area contributed by atoms with Crippen molar-refractivity contribution in [3.63, 3.8) is 0 Å². The van der Waals surface area contributed by atoms with Gasteiger partial charge in [-0.1, -0.05) is 6.07 Å². The number of rotatable bonds is 6. The first-order valence-electron chi connectivity index (χ1n) is 5.95. The van der Waals surface area contributed by atoms with E-state index in [1.165, 1.54) is 12.1 Å². The molecule has 0 aromatic heterocycles. The molecule has 1 aromatic rings. The summed E-state index contributed by atoms with van der Waals surface area (Å²) in [4.78, 5) is 10.9. The summed E-state index contributed by atoms with van der Waals surface area (Å²) in [6.45, 7) is 5.60. The molecular weight excluding hydrogens is 235 g/mol. The third-order valence-corrected chi connectivity index (χ3v) is 2.93. The second-order valence-corrected chi connectivity index (χ2v) is 5.05. The van der Waals surface area contributed by atoms with Crippen molar-refractivity contribution in [2.45, 2.75) is 33.6 Å². The Balaban J connectivity index is 2.43. The molecular formula is C14H19FO3. The molecule has 0 saturated heterocycles. The minimum atomic E-state index is -0.815. The van der Waals surface area contributed by atoms with Gasteiger partial charge in [-0.25, -0.2) is 4.39 Å². The van der Waals surface area contributed by atoms with Crippen molar-refractivity contribution in [1.82, 2.24) is 0 Å². The number of hydrogen-bond donors (Lipinski definition) is 1. The lowest BCUT2D eigenvalue weighted by atomic mass is 9.88. The molecule has 0 aliphatic heterocycles. The molecule has 0 spiro atoms. The zero-order valence-corrected chi connectivity index (χ0v) is 11.0. The summed E-state index contributed by atoms with van der Waals surface area (Å²) in [7, 11) is 0. The van der Waals surface area contributed by atoms with Crippen molar-refractivity contribution in [2.75, 3.05) is 6.61 Å². The molecule has 0 aliphatic rings. The smallest absolute Gasteiger partial charge is 0.309 e. The van der Waals surface area contributed by atoms with E-state index in [-0.39, 0.29) is 5.82 Å². The van der Waals surface area contributed by atoms with E-state index in [1.54, 1.807) is 19.9 Å². The predicted molar refractivity (Wildman–Crippen MR) is 67.3 cm³/mol. The Hall–Kier alpha value is -1.58. The van der Waals surface area contributed by atoms with Gasteiger partial charge in [-0.05, 0) is 45.2 Å². The van der Waals surface area contributed by atoms with Gasteiger partial charge in [0.15, 0.2) is 0 Å². The lowest BCUT2D eigenvalue weighted by molar-refractivity contribution is -0.147. The van der Waals surface area contributed by atoms with Gasteiger partial charge in [-0.15, -0.1) is 0 Å². The standard InChI is InChI=1S/C14H19FO3/c1-10-5-6-11(15)9-12(10)18-8-4-7-14(2,3)13(16)17/h5-6,9H,4,7-8H2,1-3H3,(H,16,17). The summed E-state index contributed by atoms with van der Waals surface area (Å²) in [5, 5.41) is 8.95. The van der Waals surface area contributed by atoms with Gasteiger partial charge in [0.2, 0.25) is 0 Å². The molecule has 0 unspecified atom stereocenters. The van der Waals surface area contributed by atoms with Crippen molar-refractivity contribution < 1.29 is 19.0 Å². The Labute approximate surface area is 107 Å². The van der Waals surface area contributed by atoms with E-state index in [1.807, 2.05) is 6.92 Å². The van der Waals surface area contributed by atoms with Crippen LogP contribution < -0.4 is 4.74 Å². The van der Waals surface area contributed by atoms with Gasteiger partial charge < -0.3 is 9.84 Å². The van der Waals surface area contributed by atoms with Crippen LogP contribution in [0.4, 0.5) is 4.39 Å². The number of ether oxygens (including phenoxy) is 1. The van der Waals surface area contributed by atoms with Crippen LogP contribution in [0.2, 0.25) is 0 Å². The number of halogens is 1. The molecule has 4 heteroatoms. The van der Waals surface area contributed by atoms with Gasteiger partial charge in [0.1, 0.15) is 11.6 Å². The van der Waals surface area contributed by atoms with Crippen LogP contribution in [0.1, 0.15) is 32.3 Å². The summed E-state index contributed by atoms with van der Waals surface area (Å²) in [5.74, 6) is -0.631. The van der Waals surface area contributed by atoms with Crippen molar-refractivity contribution in [1.29, 1.82) is 0 Å². The number of carboxylic acid groups (broad SMARTS) is 1. The van der Waals surface area contributed by atoms with E-state index >= 15 is 0 Å². The average Bonchev–Trinajstić information content (AvgIpc) is 2.28. The quantitative estimate of drug-likeness (QED) is 0.791. The molecule has 18 heavy (non-hydrogen) atoms. The van der Waals surface area contributed by atoms with Crippen molar-refractivity contribution in [3.05, 3.63) is 29.6 Å². The first-order valence-corrected chi connectivity index (χ1v) is 5.95. The molecule has 0 fully saturated rings. The lowest BCUT2D eigenvalue weighted by Crippen LogP contribution is -2.24. The fourth-order valence-electron chi connectivity index (χ4n) is 1.53. The maximum absolute atomic E-state index is 13.0. The van der Waals surface area contributed by atoms with Gasteiger partial charge in [0.25, 0.3) is 0 Å². The van der Waals surface area contributed by atoms with Crippen molar-refractivity contribution in [2.24, 2.45) is 5.41 Å². The molecule has 0 heterocycles. The minimum Gasteiger partial charge on any atom is -0.493 e. The zero-order valence-electron chi connectivity index (χ0n) is 11.0. The third-order valence-electron chi connectivity index (χ3n) is 2.93. The van der Waals surface area contributed by atoms with Crippen LogP contribution in [0.25, 0.3) is 0 Å². The largest absolute Gasteiger partial charge is 0.493 e. The average molecular weight is 254 g/mol. The second-order valence-electron chi connectivity index (χ2n) is 5.05. The summed E-state index contributed by atoms with van der Waals surface area (Å²) in [6.07, 6.45) is 1.14. The highest BCUT2D eigenvalue weighted by atomic mass is 19.1. The van der Waals surface area contributed by atoms with Gasteiger partial charge in [-0.3, -0.25) is 4.79 Å². The molecule has 1 rings (SSSR count). The number of aliphatic carboxylic acids is 1. The van der Waals surface area contributed by atoms with Gasteiger partial charge in [0, 0.05) is 6.07 Å². The molecule has 1 N–H and O–H groups in total. The minimum absolute atomic E-state index is 0.332. The lowest BCUT2D eigenvalue weighted by Gasteiger charge is -2.18. The van der Waals surface area contributed by atoms with Crippen LogP contribution in [-0.4, -0.2) is 17.7 Å². The molecule has 100 valence electrons. The van der Waals surface area contributed by atoms with Crippen LogP contribution in [-0.2, 0) is 4.79 Å². The van der Waals surface area contributed by atoms with Crippen LogP contribution in [0.5, 0.6) is 5.75 Å². The van der Waals surface area contributed by atoms with E-state index in [2.05, 4.69) is 0 Å². The van der Waals surface area contributed by atoms with Gasteiger partial charge in [0.05, 0.1) is 12.0 Å². The monoisotopic (exact) mass is 254 g/mol. The summed E-state index contributed by atoms with van der Waals surface area (Å²) < 4.78 is 18.5. The topological polar surface area (TPSA) is 46.5 Å². The normalized spacial score (nSPS) is 11.3. The Morgan fingerprint density at radius 1 is 1.44 bits per heavy atom. The van der Waals surface area contributed by atoms with Crippen molar-refractivity contribution in [3.8, 4) is 5.75 Å². The van der Waals surface area contributed by atoms with Gasteiger partial charge >= 0.3 is 5.97 Å². The number of carboxylic acids is 1. The number of hydrogen-bond acceptors (Lipinski definition) is 2. The molecule has 1 aromatic carbocycles. The SMILES string of the molecule is Cc1ccc(F)cc1OCCCC(C)(C)C(=O)O. The maximum atomic E-state index is 13.0. The second kappa shape index (κ2) is 5.85. The first-order chi connectivity index (χ1) is 8.33. The van der Waals surface area contributed by atoms with E-state index in [0.717, 1.165) is 5.56 Å². The molecule has 0 bridgehead atoms. The summed E-state index contributed by atoms with van der Waals surface area (Å²) in [6, 6.07) is 4.39. The molecule has 3 nitrogen and oxygen atoms in total. The maximum Gasteiger partial charge on any atom is 0.309 e. The van der Waals surface area contributed by atoms with Gasteiger partial charge in [-0.2, -0.15) is 0 Å². The summed E-state index contributed by atoms with van der Waals surface area (Å²) in [5.41, 5.74) is 0.120. The zero-order chi connectivity index (χ0) is 13.8. The van der Waals surface area contributed by atoms with Crippen LogP contribution in [0, 0.1) is 18.2 Å². The highest BCUT2D eigenvalue weighted by Gasteiger charge is 2.26. The Bertz CT molecular complexity index is 427. The van der Waals surface area contributed by atoms with E-state index in [0.29, 0.717) is 25.2 Å². The fourth-order valence-corrected chi connectivity index (χ4v) is 1.53. The molecule has 0 saturated carbocycles. The number of benzene rings is 1. The van der Waals surface area contributed by atoms with Crippen molar-refractivity contribution >= 4 is 5.97 Å². The van der Waals surface area contributed by atoms with E-state index < -0.39 is 11.4 Å².